The number of benzene rings is 2. The third-order valence-corrected chi connectivity index (χ3v) is 5.35. The number of hydrogen-bond donors (Lipinski definition) is 1. The van der Waals surface area contributed by atoms with Crippen LogP contribution in [0.15, 0.2) is 42.5 Å². The van der Waals surface area contributed by atoms with Gasteiger partial charge in [0.1, 0.15) is 5.75 Å². The van der Waals surface area contributed by atoms with E-state index in [1.54, 1.807) is 7.11 Å². The normalized spacial score (nSPS) is 15.5. The fourth-order valence-electron chi connectivity index (χ4n) is 3.64. The van der Waals surface area contributed by atoms with Gasteiger partial charge in [-0.3, -0.25) is 4.79 Å². The van der Waals surface area contributed by atoms with E-state index in [0.29, 0.717) is 19.5 Å². The topological polar surface area (TPSA) is 63.3 Å². The summed E-state index contributed by atoms with van der Waals surface area (Å²) in [5.41, 5.74) is 2.29. The number of ether oxygens (including phenoxy) is 3. The number of anilines is 1. The first-order chi connectivity index (χ1) is 14.2. The van der Waals surface area contributed by atoms with E-state index in [0.717, 1.165) is 49.0 Å². The Hall–Kier alpha value is -2.93. The molecule has 2 aromatic rings. The highest BCUT2D eigenvalue weighted by molar-refractivity contribution is 5.76. The lowest BCUT2D eigenvalue weighted by atomic mass is 10.2. The Morgan fingerprint density at radius 2 is 1.79 bits per heavy atom. The number of rotatable bonds is 7. The molecule has 0 radical (unpaired) electrons. The van der Waals surface area contributed by atoms with E-state index >= 15 is 0 Å². The number of nitrogens with one attached hydrogen (secondary N) is 1. The highest BCUT2D eigenvalue weighted by Gasteiger charge is 2.21. The summed E-state index contributed by atoms with van der Waals surface area (Å²) in [4.78, 5) is 16.8. The van der Waals surface area contributed by atoms with Crippen LogP contribution in [0.3, 0.4) is 0 Å². The van der Waals surface area contributed by atoms with Gasteiger partial charge in [0.2, 0.25) is 12.7 Å². The Morgan fingerprint density at radius 3 is 2.55 bits per heavy atom. The molecule has 0 bridgehead atoms. The van der Waals surface area contributed by atoms with E-state index in [1.165, 1.54) is 5.69 Å². The summed E-state index contributed by atoms with van der Waals surface area (Å²) in [5, 5.41) is 3.34. The fourth-order valence-corrected chi connectivity index (χ4v) is 3.64. The first kappa shape index (κ1) is 19.4. The zero-order valence-corrected chi connectivity index (χ0v) is 16.7. The monoisotopic (exact) mass is 397 g/mol. The number of piperazine rings is 1. The molecule has 2 aromatic carbocycles. The van der Waals surface area contributed by atoms with Crippen LogP contribution in [-0.2, 0) is 11.3 Å². The third kappa shape index (κ3) is 4.74. The molecule has 7 heteroatoms. The molecule has 7 nitrogen and oxygen atoms in total. The molecular formula is C22H27N3O4. The van der Waals surface area contributed by atoms with Crippen molar-refractivity contribution in [3.63, 3.8) is 0 Å². The van der Waals surface area contributed by atoms with Gasteiger partial charge in [-0.1, -0.05) is 6.07 Å². The van der Waals surface area contributed by atoms with Crippen LogP contribution in [0.1, 0.15) is 12.0 Å². The van der Waals surface area contributed by atoms with Crippen LogP contribution in [0, 0.1) is 0 Å². The van der Waals surface area contributed by atoms with Crippen molar-refractivity contribution < 1.29 is 19.0 Å². The molecule has 1 fully saturated rings. The first-order valence-corrected chi connectivity index (χ1v) is 9.99. The maximum absolute atomic E-state index is 12.5. The van der Waals surface area contributed by atoms with Crippen molar-refractivity contribution in [1.82, 2.24) is 10.2 Å². The standard InChI is InChI=1S/C22H27N3O4/c1-27-19-5-3-18(4-6-19)24-10-12-25(13-11-24)22(26)8-9-23-15-17-2-7-20-21(14-17)29-16-28-20/h2-7,14,23H,8-13,15-16H2,1H3. The lowest BCUT2D eigenvalue weighted by Gasteiger charge is -2.36. The van der Waals surface area contributed by atoms with Gasteiger partial charge < -0.3 is 29.3 Å². The lowest BCUT2D eigenvalue weighted by Crippen LogP contribution is -2.49. The van der Waals surface area contributed by atoms with Crippen LogP contribution in [0.2, 0.25) is 0 Å². The molecular weight excluding hydrogens is 370 g/mol. The molecule has 0 aliphatic carbocycles. The Labute approximate surface area is 171 Å². The summed E-state index contributed by atoms with van der Waals surface area (Å²) in [6.07, 6.45) is 0.507. The minimum absolute atomic E-state index is 0.206. The Kier molecular flexibility index (Phi) is 6.05. The third-order valence-electron chi connectivity index (χ3n) is 5.35. The Morgan fingerprint density at radius 1 is 1.03 bits per heavy atom. The molecule has 0 spiro atoms. The second-order valence-corrected chi connectivity index (χ2v) is 7.18. The molecule has 2 aliphatic rings. The van der Waals surface area contributed by atoms with Crippen molar-refractivity contribution in [2.45, 2.75) is 13.0 Å². The van der Waals surface area contributed by atoms with Gasteiger partial charge >= 0.3 is 0 Å². The van der Waals surface area contributed by atoms with Gasteiger partial charge in [-0.05, 0) is 42.0 Å². The second kappa shape index (κ2) is 9.05. The van der Waals surface area contributed by atoms with Crippen LogP contribution >= 0.6 is 0 Å². The van der Waals surface area contributed by atoms with Gasteiger partial charge in [0.05, 0.1) is 7.11 Å². The quantitative estimate of drug-likeness (QED) is 0.723. The summed E-state index contributed by atoms with van der Waals surface area (Å²) in [5.74, 6) is 2.64. The number of carbonyl (C=O) groups is 1. The number of methoxy groups -OCH3 is 1. The van der Waals surface area contributed by atoms with Crippen LogP contribution in [0.4, 0.5) is 5.69 Å². The molecule has 0 atom stereocenters. The smallest absolute Gasteiger partial charge is 0.231 e. The average molecular weight is 397 g/mol. The maximum Gasteiger partial charge on any atom is 0.231 e. The summed E-state index contributed by atoms with van der Waals surface area (Å²) < 4.78 is 15.9. The SMILES string of the molecule is COc1ccc(N2CCN(C(=O)CCNCc3ccc4c(c3)OCO4)CC2)cc1. The average Bonchev–Trinajstić information content (AvgIpc) is 3.25. The van der Waals surface area contributed by atoms with E-state index in [9.17, 15) is 4.79 Å². The molecule has 29 heavy (non-hydrogen) atoms. The highest BCUT2D eigenvalue weighted by Crippen LogP contribution is 2.32. The number of carbonyl (C=O) groups excluding carboxylic acids is 1. The molecule has 4 rings (SSSR count). The second-order valence-electron chi connectivity index (χ2n) is 7.18. The highest BCUT2D eigenvalue weighted by atomic mass is 16.7. The van der Waals surface area contributed by atoms with Crippen molar-refractivity contribution in [2.75, 3.05) is 51.5 Å². The van der Waals surface area contributed by atoms with Gasteiger partial charge in [-0.15, -0.1) is 0 Å². The van der Waals surface area contributed by atoms with Gasteiger partial charge in [0.25, 0.3) is 0 Å². The van der Waals surface area contributed by atoms with E-state index in [1.807, 2.05) is 35.2 Å². The van der Waals surface area contributed by atoms with E-state index in [4.69, 9.17) is 14.2 Å². The molecule has 0 aromatic heterocycles. The minimum atomic E-state index is 0.206. The number of amides is 1. The number of fused-ring (bicyclic) bond motifs is 1. The van der Waals surface area contributed by atoms with Crippen molar-refractivity contribution in [3.8, 4) is 17.2 Å². The molecule has 154 valence electrons. The zero-order valence-electron chi connectivity index (χ0n) is 16.7. The number of hydrogen-bond acceptors (Lipinski definition) is 6. The molecule has 1 N–H and O–H groups in total. The van der Waals surface area contributed by atoms with Crippen LogP contribution in [0.25, 0.3) is 0 Å². The summed E-state index contributed by atoms with van der Waals surface area (Å²) in [6.45, 7) is 4.86. The van der Waals surface area contributed by atoms with Crippen molar-refractivity contribution >= 4 is 11.6 Å². The molecule has 2 aliphatic heterocycles. The predicted octanol–water partition coefficient (Wildman–Crippen LogP) is 2.25. The molecule has 0 saturated carbocycles. The number of nitrogens with zero attached hydrogens (tertiary/aromatic N) is 2. The van der Waals surface area contributed by atoms with Gasteiger partial charge in [-0.2, -0.15) is 0 Å². The Balaban J connectivity index is 1.17. The van der Waals surface area contributed by atoms with Gasteiger partial charge in [0, 0.05) is 51.4 Å². The van der Waals surface area contributed by atoms with Gasteiger partial charge in [0.15, 0.2) is 11.5 Å². The molecule has 1 saturated heterocycles. The molecule has 1 amide bonds. The largest absolute Gasteiger partial charge is 0.497 e. The van der Waals surface area contributed by atoms with Crippen molar-refractivity contribution in [2.24, 2.45) is 0 Å². The fraction of sp³-hybridized carbons (Fsp3) is 0.409. The summed E-state index contributed by atoms with van der Waals surface area (Å²) >= 11 is 0. The van der Waals surface area contributed by atoms with Gasteiger partial charge in [-0.25, -0.2) is 0 Å². The molecule has 0 unspecified atom stereocenters. The van der Waals surface area contributed by atoms with Crippen LogP contribution in [0.5, 0.6) is 17.2 Å². The van der Waals surface area contributed by atoms with E-state index < -0.39 is 0 Å². The van der Waals surface area contributed by atoms with Crippen LogP contribution < -0.4 is 24.4 Å². The lowest BCUT2D eigenvalue weighted by molar-refractivity contribution is -0.131. The predicted molar refractivity (Wildman–Crippen MR) is 111 cm³/mol. The summed E-state index contributed by atoms with van der Waals surface area (Å²) in [7, 11) is 1.67. The minimum Gasteiger partial charge on any atom is -0.497 e. The van der Waals surface area contributed by atoms with Crippen molar-refractivity contribution in [1.29, 1.82) is 0 Å². The molecule has 2 heterocycles. The van der Waals surface area contributed by atoms with E-state index in [-0.39, 0.29) is 12.7 Å². The summed E-state index contributed by atoms with van der Waals surface area (Å²) in [6, 6.07) is 14.0. The zero-order chi connectivity index (χ0) is 20.1. The van der Waals surface area contributed by atoms with Crippen LogP contribution in [-0.4, -0.2) is 57.4 Å². The maximum atomic E-state index is 12.5. The van der Waals surface area contributed by atoms with Crippen molar-refractivity contribution in [3.05, 3.63) is 48.0 Å². The van der Waals surface area contributed by atoms with E-state index in [2.05, 4.69) is 22.3 Å². The first-order valence-electron chi connectivity index (χ1n) is 9.99. The Bertz CT molecular complexity index is 832.